The van der Waals surface area contributed by atoms with Crippen LogP contribution in [0.2, 0.25) is 5.54 Å². The van der Waals surface area contributed by atoms with E-state index in [1.165, 1.54) is 5.57 Å². The molecule has 1 fully saturated rings. The molecule has 20 heavy (non-hydrogen) atoms. The van der Waals surface area contributed by atoms with Crippen LogP contribution in [-0.4, -0.2) is 40.7 Å². The third kappa shape index (κ3) is 2.47. The molecule has 0 saturated heterocycles. The number of aliphatic carboxylic acids is 1. The average molecular weight is 298 g/mol. The predicted octanol–water partition coefficient (Wildman–Crippen LogP) is 1.99. The van der Waals surface area contributed by atoms with Gasteiger partial charge in [0.05, 0.1) is 15.4 Å². The molecule has 0 amide bonds. The molecule has 2 rings (SSSR count). The number of carbonyl (C=O) groups is 1. The highest BCUT2D eigenvalue weighted by Gasteiger charge is 2.57. The van der Waals surface area contributed by atoms with Gasteiger partial charge in [0.15, 0.2) is 0 Å². The highest BCUT2D eigenvalue weighted by atomic mass is 28.2. The van der Waals surface area contributed by atoms with Gasteiger partial charge in [-0.05, 0) is 31.2 Å². The van der Waals surface area contributed by atoms with Crippen LogP contribution in [0.1, 0.15) is 33.1 Å². The van der Waals surface area contributed by atoms with Gasteiger partial charge in [-0.1, -0.05) is 25.0 Å². The number of ether oxygens (including phenoxy) is 2. The Kier molecular flexibility index (Phi) is 4.72. The topological polar surface area (TPSA) is 55.8 Å². The van der Waals surface area contributed by atoms with E-state index in [-0.39, 0.29) is 17.2 Å². The minimum absolute atomic E-state index is 0.114. The van der Waals surface area contributed by atoms with Crippen molar-refractivity contribution in [3.05, 3.63) is 11.6 Å². The number of rotatable bonds is 7. The fourth-order valence-electron chi connectivity index (χ4n) is 4.39. The molecule has 4 atom stereocenters. The first-order valence-electron chi connectivity index (χ1n) is 7.46. The smallest absolute Gasteiger partial charge is 0.307 e. The maximum atomic E-state index is 11.7. The molecular formula is C15H26O4Si. The van der Waals surface area contributed by atoms with E-state index in [0.29, 0.717) is 11.5 Å². The summed E-state index contributed by atoms with van der Waals surface area (Å²) in [6.45, 7) is 4.32. The van der Waals surface area contributed by atoms with Crippen molar-refractivity contribution in [1.82, 2.24) is 0 Å². The van der Waals surface area contributed by atoms with Crippen LogP contribution in [0.15, 0.2) is 11.6 Å². The molecule has 0 aromatic carbocycles. The summed E-state index contributed by atoms with van der Waals surface area (Å²) >= 11 is 0. The van der Waals surface area contributed by atoms with Gasteiger partial charge in [-0.3, -0.25) is 4.79 Å². The van der Waals surface area contributed by atoms with Gasteiger partial charge in [0, 0.05) is 19.6 Å². The van der Waals surface area contributed by atoms with Crippen molar-refractivity contribution in [1.29, 1.82) is 0 Å². The summed E-state index contributed by atoms with van der Waals surface area (Å²) in [5.74, 6) is -0.488. The molecule has 114 valence electrons. The SMILES string of the molecule is CCC([SiH2]C(OC)OC)C12C=C(C)C(CC1C(=O)O)C2. The van der Waals surface area contributed by atoms with Crippen LogP contribution in [0.5, 0.6) is 0 Å². The first-order chi connectivity index (χ1) is 9.48. The van der Waals surface area contributed by atoms with Crippen LogP contribution in [-0.2, 0) is 14.3 Å². The first-order valence-corrected chi connectivity index (χ1v) is 9.09. The molecule has 5 heteroatoms. The van der Waals surface area contributed by atoms with Gasteiger partial charge in [0.1, 0.15) is 5.91 Å². The largest absolute Gasteiger partial charge is 0.481 e. The number of methoxy groups -OCH3 is 2. The molecule has 0 aromatic heterocycles. The molecule has 4 unspecified atom stereocenters. The fraction of sp³-hybridized carbons (Fsp3) is 0.800. The van der Waals surface area contributed by atoms with Crippen molar-refractivity contribution in [2.75, 3.05) is 14.2 Å². The zero-order valence-corrected chi connectivity index (χ0v) is 14.3. The second-order valence-corrected chi connectivity index (χ2v) is 8.39. The molecule has 2 aliphatic carbocycles. The molecule has 0 aromatic rings. The fourth-order valence-corrected chi connectivity index (χ4v) is 6.58. The van der Waals surface area contributed by atoms with Crippen LogP contribution >= 0.6 is 0 Å². The number of fused-ring (bicyclic) bond motifs is 2. The Morgan fingerprint density at radius 3 is 2.65 bits per heavy atom. The summed E-state index contributed by atoms with van der Waals surface area (Å²) < 4.78 is 10.8. The third-order valence-electron chi connectivity index (χ3n) is 5.46. The Labute approximate surface area is 123 Å². The number of hydrogen-bond donors (Lipinski definition) is 1. The second kappa shape index (κ2) is 5.99. The normalized spacial score (nSPS) is 34.1. The molecule has 0 spiro atoms. The van der Waals surface area contributed by atoms with Crippen molar-refractivity contribution in [2.45, 2.75) is 44.6 Å². The van der Waals surface area contributed by atoms with Crippen molar-refractivity contribution >= 4 is 15.5 Å². The van der Waals surface area contributed by atoms with E-state index in [1.807, 2.05) is 0 Å². The lowest BCUT2D eigenvalue weighted by Gasteiger charge is -2.38. The Balaban J connectivity index is 2.27. The molecule has 1 N–H and O–H groups in total. The van der Waals surface area contributed by atoms with Crippen LogP contribution in [0.4, 0.5) is 0 Å². The van der Waals surface area contributed by atoms with Crippen LogP contribution < -0.4 is 0 Å². The lowest BCUT2D eigenvalue weighted by Crippen LogP contribution is -2.39. The van der Waals surface area contributed by atoms with E-state index in [4.69, 9.17) is 9.47 Å². The third-order valence-corrected chi connectivity index (χ3v) is 8.42. The first kappa shape index (κ1) is 15.7. The molecule has 0 heterocycles. The molecule has 2 bridgehead atoms. The monoisotopic (exact) mass is 298 g/mol. The Hall–Kier alpha value is -0.653. The summed E-state index contributed by atoms with van der Waals surface area (Å²) in [5.41, 5.74) is 1.67. The van der Waals surface area contributed by atoms with Crippen LogP contribution in [0, 0.1) is 17.3 Å². The maximum Gasteiger partial charge on any atom is 0.307 e. The number of hydrogen-bond acceptors (Lipinski definition) is 3. The summed E-state index contributed by atoms with van der Waals surface area (Å²) in [7, 11) is 2.68. The lowest BCUT2D eigenvalue weighted by atomic mass is 9.73. The van der Waals surface area contributed by atoms with Gasteiger partial charge in [-0.15, -0.1) is 0 Å². The molecule has 1 saturated carbocycles. The lowest BCUT2D eigenvalue weighted by molar-refractivity contribution is -0.144. The summed E-state index contributed by atoms with van der Waals surface area (Å²) in [6.07, 6.45) is 5.12. The molecule has 4 nitrogen and oxygen atoms in total. The van der Waals surface area contributed by atoms with Gasteiger partial charge >= 0.3 is 5.97 Å². The van der Waals surface area contributed by atoms with E-state index in [2.05, 4.69) is 19.9 Å². The minimum atomic E-state index is -0.670. The van der Waals surface area contributed by atoms with Crippen molar-refractivity contribution in [2.24, 2.45) is 17.3 Å². The van der Waals surface area contributed by atoms with E-state index >= 15 is 0 Å². The minimum Gasteiger partial charge on any atom is -0.481 e. The van der Waals surface area contributed by atoms with Gasteiger partial charge < -0.3 is 14.6 Å². The zero-order chi connectivity index (χ0) is 14.9. The summed E-state index contributed by atoms with van der Waals surface area (Å²) in [6, 6.07) is 0. The molecular weight excluding hydrogens is 272 g/mol. The Bertz CT molecular complexity index is 405. The van der Waals surface area contributed by atoms with Gasteiger partial charge in [0.25, 0.3) is 0 Å². The van der Waals surface area contributed by atoms with Gasteiger partial charge in [0.2, 0.25) is 0 Å². The number of carboxylic acids is 1. The molecule has 0 aliphatic heterocycles. The number of carboxylic acid groups (broad SMARTS) is 1. The van der Waals surface area contributed by atoms with E-state index in [0.717, 1.165) is 19.3 Å². The highest BCUT2D eigenvalue weighted by Crippen LogP contribution is 2.62. The maximum absolute atomic E-state index is 11.7. The van der Waals surface area contributed by atoms with Crippen molar-refractivity contribution in [3.63, 3.8) is 0 Å². The van der Waals surface area contributed by atoms with E-state index < -0.39 is 15.5 Å². The van der Waals surface area contributed by atoms with Crippen LogP contribution in [0.25, 0.3) is 0 Å². The van der Waals surface area contributed by atoms with Crippen molar-refractivity contribution in [3.8, 4) is 0 Å². The zero-order valence-electron chi connectivity index (χ0n) is 12.9. The Morgan fingerprint density at radius 2 is 2.20 bits per heavy atom. The molecule has 2 aliphatic rings. The number of allylic oxidation sites excluding steroid dienone is 2. The van der Waals surface area contributed by atoms with Crippen LogP contribution in [0.3, 0.4) is 0 Å². The van der Waals surface area contributed by atoms with Gasteiger partial charge in [-0.25, -0.2) is 0 Å². The average Bonchev–Trinajstić information content (AvgIpc) is 2.95. The second-order valence-electron chi connectivity index (χ2n) is 6.27. The highest BCUT2D eigenvalue weighted by molar-refractivity contribution is 6.39. The quantitative estimate of drug-likeness (QED) is 0.444. The Morgan fingerprint density at radius 1 is 1.55 bits per heavy atom. The van der Waals surface area contributed by atoms with Crippen molar-refractivity contribution < 1.29 is 19.4 Å². The van der Waals surface area contributed by atoms with E-state index in [1.54, 1.807) is 14.2 Å². The molecule has 0 radical (unpaired) electrons. The summed E-state index contributed by atoms with van der Waals surface area (Å²) in [5, 5.41) is 9.60. The standard InChI is InChI=1S/C15H26O4Si/c1-5-12(20-14(18-3)19-4)15-7-9(2)10(8-15)6-11(15)13(16)17/h7,10-12,14H,5-6,8,20H2,1-4H3,(H,16,17). The van der Waals surface area contributed by atoms with E-state index in [9.17, 15) is 9.90 Å². The van der Waals surface area contributed by atoms with Gasteiger partial charge in [-0.2, -0.15) is 0 Å². The summed E-state index contributed by atoms with van der Waals surface area (Å²) in [4.78, 5) is 11.7. The predicted molar refractivity (Wildman–Crippen MR) is 80.4 cm³/mol.